The number of aromatic nitrogens is 1. The molecule has 1 heterocycles. The summed E-state index contributed by atoms with van der Waals surface area (Å²) in [6.07, 6.45) is 4.30. The van der Waals surface area contributed by atoms with Gasteiger partial charge in [-0.05, 0) is 35.6 Å². The molecule has 1 amide bonds. The Bertz CT molecular complexity index is 956. The quantitative estimate of drug-likeness (QED) is 0.459. The summed E-state index contributed by atoms with van der Waals surface area (Å²) in [5, 5.41) is 2.93. The van der Waals surface area contributed by atoms with E-state index in [4.69, 9.17) is 10.5 Å². The molecule has 0 aliphatic rings. The van der Waals surface area contributed by atoms with Crippen LogP contribution in [0.2, 0.25) is 0 Å². The van der Waals surface area contributed by atoms with Crippen molar-refractivity contribution in [2.75, 3.05) is 0 Å². The zero-order valence-electron chi connectivity index (χ0n) is 17.7. The predicted molar refractivity (Wildman–Crippen MR) is 126 cm³/mol. The third kappa shape index (κ3) is 8.49. The van der Waals surface area contributed by atoms with Gasteiger partial charge in [0.2, 0.25) is 5.91 Å². The molecule has 2 aromatic carbocycles. The second kappa shape index (κ2) is 13.2. The Balaban J connectivity index is 0.00000363. The molecule has 0 spiro atoms. The molecule has 32 heavy (non-hydrogen) atoms. The van der Waals surface area contributed by atoms with Gasteiger partial charge in [-0.25, -0.2) is 0 Å². The van der Waals surface area contributed by atoms with E-state index in [1.807, 2.05) is 66.7 Å². The van der Waals surface area contributed by atoms with Crippen molar-refractivity contribution in [1.29, 1.82) is 0 Å². The monoisotopic (exact) mass is 453 g/mol. The lowest BCUT2D eigenvalue weighted by Gasteiger charge is -2.21. The van der Waals surface area contributed by atoms with Crippen molar-refractivity contribution in [2.45, 2.75) is 38.0 Å². The highest BCUT2D eigenvalue weighted by atomic mass is 35.5. The lowest BCUT2D eigenvalue weighted by atomic mass is 10.0. The maximum atomic E-state index is 12.7. The van der Waals surface area contributed by atoms with E-state index in [1.54, 1.807) is 18.5 Å². The van der Waals surface area contributed by atoms with Gasteiger partial charge in [0.25, 0.3) is 0 Å². The van der Waals surface area contributed by atoms with Gasteiger partial charge in [-0.2, -0.15) is 0 Å². The van der Waals surface area contributed by atoms with Crippen LogP contribution in [0.4, 0.5) is 0 Å². The number of pyridine rings is 1. The topological polar surface area (TPSA) is 94.3 Å². The highest BCUT2D eigenvalue weighted by Crippen LogP contribution is 2.09. The number of ether oxygens (including phenoxy) is 1. The van der Waals surface area contributed by atoms with Crippen LogP contribution in [0.3, 0.4) is 0 Å². The number of rotatable bonds is 10. The highest BCUT2D eigenvalue weighted by Gasteiger charge is 2.22. The van der Waals surface area contributed by atoms with Crippen molar-refractivity contribution in [2.24, 2.45) is 5.73 Å². The number of carbonyl (C=O) groups is 2. The van der Waals surface area contributed by atoms with E-state index in [0.717, 1.165) is 16.7 Å². The molecule has 2 atom stereocenters. The van der Waals surface area contributed by atoms with E-state index in [-0.39, 0.29) is 37.3 Å². The fourth-order valence-corrected chi connectivity index (χ4v) is 3.24. The Labute approximate surface area is 194 Å². The minimum atomic E-state index is -0.734. The standard InChI is InChI=1S/C25H27N3O3.ClH/c26-23(15-21-12-7-13-27-17-21)25(30)28-22(14-19-8-3-1-4-9-19)16-24(29)31-18-20-10-5-2-6-11-20;/h1-13,17,22-23H,14-16,18,26H2,(H,28,30);1H/t22-,23-;/m0./s1. The number of hydrogen-bond donors (Lipinski definition) is 2. The van der Waals surface area contributed by atoms with E-state index in [2.05, 4.69) is 10.3 Å². The number of halogens is 1. The maximum Gasteiger partial charge on any atom is 0.308 e. The first-order valence-corrected chi connectivity index (χ1v) is 10.3. The maximum absolute atomic E-state index is 12.7. The number of nitrogens with zero attached hydrogens (tertiary/aromatic N) is 1. The Hall–Kier alpha value is -3.22. The summed E-state index contributed by atoms with van der Waals surface area (Å²) in [5.41, 5.74) is 8.91. The molecule has 0 saturated carbocycles. The first-order valence-electron chi connectivity index (χ1n) is 10.3. The van der Waals surface area contributed by atoms with Crippen LogP contribution in [0.1, 0.15) is 23.1 Å². The van der Waals surface area contributed by atoms with E-state index >= 15 is 0 Å². The van der Waals surface area contributed by atoms with Crippen molar-refractivity contribution < 1.29 is 14.3 Å². The van der Waals surface area contributed by atoms with Crippen LogP contribution in [0, 0.1) is 0 Å². The number of nitrogens with two attached hydrogens (primary N) is 1. The summed E-state index contributed by atoms with van der Waals surface area (Å²) in [6, 6.07) is 21.7. The summed E-state index contributed by atoms with van der Waals surface area (Å²) < 4.78 is 5.40. The molecule has 0 fully saturated rings. The Kier molecular flexibility index (Phi) is 10.4. The molecule has 0 aliphatic heterocycles. The first kappa shape index (κ1) is 25.0. The molecule has 0 unspecified atom stereocenters. The van der Waals surface area contributed by atoms with Gasteiger partial charge in [0, 0.05) is 18.4 Å². The van der Waals surface area contributed by atoms with Crippen molar-refractivity contribution >= 4 is 24.3 Å². The minimum Gasteiger partial charge on any atom is -0.461 e. The second-order valence-corrected chi connectivity index (χ2v) is 7.42. The zero-order valence-corrected chi connectivity index (χ0v) is 18.5. The SMILES string of the molecule is Cl.N[C@@H](Cc1cccnc1)C(=O)N[C@H](CC(=O)OCc1ccccc1)Cc1ccccc1. The average molecular weight is 454 g/mol. The Morgan fingerprint density at radius 1 is 0.875 bits per heavy atom. The molecule has 3 rings (SSSR count). The van der Waals surface area contributed by atoms with Crippen LogP contribution in [0.5, 0.6) is 0 Å². The smallest absolute Gasteiger partial charge is 0.308 e. The lowest BCUT2D eigenvalue weighted by Crippen LogP contribution is -2.47. The lowest BCUT2D eigenvalue weighted by molar-refractivity contribution is -0.145. The molecule has 168 valence electrons. The average Bonchev–Trinajstić information content (AvgIpc) is 2.79. The fraction of sp³-hybridized carbons (Fsp3) is 0.240. The summed E-state index contributed by atoms with van der Waals surface area (Å²) in [7, 11) is 0. The largest absolute Gasteiger partial charge is 0.461 e. The zero-order chi connectivity index (χ0) is 21.9. The van der Waals surface area contributed by atoms with E-state index in [0.29, 0.717) is 12.8 Å². The molecule has 7 heteroatoms. The summed E-state index contributed by atoms with van der Waals surface area (Å²) in [4.78, 5) is 29.2. The van der Waals surface area contributed by atoms with Crippen LogP contribution in [0.15, 0.2) is 85.2 Å². The van der Waals surface area contributed by atoms with E-state index < -0.39 is 12.1 Å². The predicted octanol–water partition coefficient (Wildman–Crippen LogP) is 3.23. The highest BCUT2D eigenvalue weighted by molar-refractivity contribution is 5.85. The van der Waals surface area contributed by atoms with Gasteiger partial charge >= 0.3 is 5.97 Å². The van der Waals surface area contributed by atoms with Gasteiger partial charge < -0.3 is 15.8 Å². The van der Waals surface area contributed by atoms with Crippen molar-refractivity contribution in [3.05, 3.63) is 102 Å². The van der Waals surface area contributed by atoms with E-state index in [9.17, 15) is 9.59 Å². The van der Waals surface area contributed by atoms with Crippen LogP contribution >= 0.6 is 12.4 Å². The number of hydrogen-bond acceptors (Lipinski definition) is 5. The molecule has 6 nitrogen and oxygen atoms in total. The number of carbonyl (C=O) groups excluding carboxylic acids is 2. The minimum absolute atomic E-state index is 0. The normalized spacial score (nSPS) is 12.2. The number of benzene rings is 2. The molecule has 0 radical (unpaired) electrons. The number of esters is 1. The van der Waals surface area contributed by atoms with Gasteiger partial charge in [0.15, 0.2) is 0 Å². The Morgan fingerprint density at radius 3 is 2.12 bits per heavy atom. The molecule has 0 saturated heterocycles. The third-order valence-corrected chi connectivity index (χ3v) is 4.84. The van der Waals surface area contributed by atoms with Crippen LogP contribution in [-0.4, -0.2) is 28.9 Å². The molecule has 1 aromatic heterocycles. The number of nitrogens with one attached hydrogen (secondary N) is 1. The van der Waals surface area contributed by atoms with Crippen LogP contribution in [0.25, 0.3) is 0 Å². The summed E-state index contributed by atoms with van der Waals surface area (Å²) >= 11 is 0. The summed E-state index contributed by atoms with van der Waals surface area (Å²) in [5.74, 6) is -0.674. The van der Waals surface area contributed by atoms with Gasteiger partial charge in [0.05, 0.1) is 12.5 Å². The van der Waals surface area contributed by atoms with Crippen molar-refractivity contribution in [1.82, 2.24) is 10.3 Å². The van der Waals surface area contributed by atoms with E-state index in [1.165, 1.54) is 0 Å². The first-order chi connectivity index (χ1) is 15.1. The second-order valence-electron chi connectivity index (χ2n) is 7.42. The van der Waals surface area contributed by atoms with Gasteiger partial charge in [0.1, 0.15) is 6.61 Å². The van der Waals surface area contributed by atoms with Gasteiger partial charge in [-0.15, -0.1) is 12.4 Å². The van der Waals surface area contributed by atoms with Gasteiger partial charge in [-0.3, -0.25) is 14.6 Å². The molecular weight excluding hydrogens is 426 g/mol. The molecule has 0 aliphatic carbocycles. The molecule has 0 bridgehead atoms. The van der Waals surface area contributed by atoms with Gasteiger partial charge in [-0.1, -0.05) is 66.7 Å². The van der Waals surface area contributed by atoms with Crippen molar-refractivity contribution in [3.63, 3.8) is 0 Å². The third-order valence-electron chi connectivity index (χ3n) is 4.84. The Morgan fingerprint density at radius 2 is 1.50 bits per heavy atom. The summed E-state index contributed by atoms with van der Waals surface area (Å²) in [6.45, 7) is 0.201. The molecule has 3 aromatic rings. The fourth-order valence-electron chi connectivity index (χ4n) is 3.24. The van der Waals surface area contributed by atoms with Crippen LogP contribution in [-0.2, 0) is 33.8 Å². The van der Waals surface area contributed by atoms with Crippen molar-refractivity contribution in [3.8, 4) is 0 Å². The molecule has 3 N–H and O–H groups in total. The molecular formula is C25H28ClN3O3. The van der Waals surface area contributed by atoms with Crippen LogP contribution < -0.4 is 11.1 Å². The number of amides is 1.